The highest BCUT2D eigenvalue weighted by atomic mass is 14.7. The van der Waals surface area contributed by atoms with Crippen LogP contribution in [0.2, 0.25) is 0 Å². The highest BCUT2D eigenvalue weighted by molar-refractivity contribution is 6.27. The topological polar surface area (TPSA) is 36.2 Å². The summed E-state index contributed by atoms with van der Waals surface area (Å²) in [6.07, 6.45) is 1.56. The fourth-order valence-electron chi connectivity index (χ4n) is 0.228. The van der Waals surface area contributed by atoms with Gasteiger partial charge in [-0.1, -0.05) is 0 Å². The second-order valence-corrected chi connectivity index (χ2v) is 1.31. The average Bonchev–Trinajstić information content (AvgIpc) is 1.61. The summed E-state index contributed by atoms with van der Waals surface area (Å²) in [6, 6.07) is 0. The molecule has 0 amide bonds. The van der Waals surface area contributed by atoms with Crippen LogP contribution in [0, 0.1) is 5.41 Å². The van der Waals surface area contributed by atoms with Gasteiger partial charge in [-0.2, -0.15) is 0 Å². The van der Waals surface area contributed by atoms with E-state index in [1.54, 1.807) is 13.1 Å². The van der Waals surface area contributed by atoms with Crippen molar-refractivity contribution in [2.45, 2.75) is 13.8 Å². The minimum Gasteiger partial charge on any atom is -0.304 e. The van der Waals surface area contributed by atoms with Gasteiger partial charge in [0.25, 0.3) is 0 Å². The van der Waals surface area contributed by atoms with E-state index in [4.69, 9.17) is 5.41 Å². The lowest BCUT2D eigenvalue weighted by Gasteiger charge is -1.78. The van der Waals surface area contributed by atoms with E-state index in [9.17, 15) is 0 Å². The van der Waals surface area contributed by atoms with Crippen molar-refractivity contribution in [3.8, 4) is 0 Å². The molecular weight excluding hydrogens is 88.1 g/mol. The van der Waals surface area contributed by atoms with Crippen molar-refractivity contribution in [2.75, 3.05) is 6.54 Å². The van der Waals surface area contributed by atoms with Crippen LogP contribution in [0.4, 0.5) is 0 Å². The molecule has 0 atom stereocenters. The molecule has 0 spiro atoms. The normalized spacial score (nSPS) is 10.0. The van der Waals surface area contributed by atoms with Crippen LogP contribution in [0.25, 0.3) is 0 Å². The van der Waals surface area contributed by atoms with Gasteiger partial charge < -0.3 is 5.41 Å². The number of aliphatic imine (C=N–C) groups is 1. The molecule has 0 saturated heterocycles. The van der Waals surface area contributed by atoms with Crippen molar-refractivity contribution in [3.05, 3.63) is 0 Å². The predicted molar refractivity (Wildman–Crippen MR) is 32.4 cm³/mol. The molecule has 0 bridgehead atoms. The van der Waals surface area contributed by atoms with Crippen LogP contribution in [0.1, 0.15) is 13.8 Å². The van der Waals surface area contributed by atoms with Crippen molar-refractivity contribution < 1.29 is 0 Å². The van der Waals surface area contributed by atoms with Crippen LogP contribution in [0.3, 0.4) is 0 Å². The van der Waals surface area contributed by atoms with Crippen molar-refractivity contribution in [1.82, 2.24) is 0 Å². The highest BCUT2D eigenvalue weighted by Gasteiger charge is 1.71. The molecule has 2 heteroatoms. The molecule has 40 valence electrons. The third kappa shape index (κ3) is 5.34. The van der Waals surface area contributed by atoms with Gasteiger partial charge in [-0.25, -0.2) is 0 Å². The van der Waals surface area contributed by atoms with E-state index in [1.807, 2.05) is 6.92 Å². The monoisotopic (exact) mass is 98.1 g/mol. The highest BCUT2D eigenvalue weighted by Crippen LogP contribution is 1.64. The molecule has 0 unspecified atom stereocenters. The molecule has 0 aliphatic carbocycles. The zero-order valence-electron chi connectivity index (χ0n) is 4.73. The van der Waals surface area contributed by atoms with Crippen molar-refractivity contribution >= 4 is 11.9 Å². The fraction of sp³-hybridized carbons (Fsp3) is 0.600. The Bertz CT molecular complexity index is 84.1. The first kappa shape index (κ1) is 6.34. The standard InChI is InChI=1S/C5H10N2/c1-3-7-4-5(2)6/h4,6H,3H2,1-2H3/b6-5?,7-4-. The minimum atomic E-state index is 0.516. The summed E-state index contributed by atoms with van der Waals surface area (Å²) in [5.41, 5.74) is 0.516. The lowest BCUT2D eigenvalue weighted by molar-refractivity contribution is 1.14. The van der Waals surface area contributed by atoms with Gasteiger partial charge in [0.2, 0.25) is 0 Å². The second-order valence-electron chi connectivity index (χ2n) is 1.31. The molecule has 7 heavy (non-hydrogen) atoms. The van der Waals surface area contributed by atoms with Crippen molar-refractivity contribution in [2.24, 2.45) is 4.99 Å². The molecule has 0 aromatic heterocycles. The molecule has 0 aromatic rings. The van der Waals surface area contributed by atoms with Crippen LogP contribution < -0.4 is 0 Å². The first-order valence-corrected chi connectivity index (χ1v) is 2.32. The molecular formula is C5H10N2. The molecule has 0 aliphatic rings. The van der Waals surface area contributed by atoms with E-state index in [1.165, 1.54) is 0 Å². The largest absolute Gasteiger partial charge is 0.304 e. The summed E-state index contributed by atoms with van der Waals surface area (Å²) < 4.78 is 0. The van der Waals surface area contributed by atoms with Crippen molar-refractivity contribution in [1.29, 1.82) is 5.41 Å². The second kappa shape index (κ2) is 3.53. The Labute approximate surface area is 43.8 Å². The van der Waals surface area contributed by atoms with Gasteiger partial charge in [-0.05, 0) is 13.8 Å². The van der Waals surface area contributed by atoms with E-state index in [0.29, 0.717) is 5.71 Å². The number of hydrogen-bond acceptors (Lipinski definition) is 2. The first-order valence-electron chi connectivity index (χ1n) is 2.32. The Balaban J connectivity index is 3.26. The Morgan fingerprint density at radius 2 is 2.43 bits per heavy atom. The summed E-state index contributed by atoms with van der Waals surface area (Å²) >= 11 is 0. The lowest BCUT2D eigenvalue weighted by Crippen LogP contribution is -1.87. The van der Waals surface area contributed by atoms with Gasteiger partial charge in [-0.15, -0.1) is 0 Å². The Morgan fingerprint density at radius 1 is 1.86 bits per heavy atom. The zero-order chi connectivity index (χ0) is 5.70. The van der Waals surface area contributed by atoms with E-state index in [0.717, 1.165) is 6.54 Å². The van der Waals surface area contributed by atoms with Crippen LogP contribution in [-0.4, -0.2) is 18.5 Å². The smallest absolute Gasteiger partial charge is 0.0461 e. The molecule has 0 saturated carbocycles. The van der Waals surface area contributed by atoms with E-state index >= 15 is 0 Å². The summed E-state index contributed by atoms with van der Waals surface area (Å²) in [5, 5.41) is 6.85. The third-order valence-corrected chi connectivity index (χ3v) is 0.468. The van der Waals surface area contributed by atoms with E-state index < -0.39 is 0 Å². The SMILES string of the molecule is CC/N=C\C(C)=N. The van der Waals surface area contributed by atoms with Crippen LogP contribution >= 0.6 is 0 Å². The molecule has 0 heterocycles. The Kier molecular flexibility index (Phi) is 3.19. The summed E-state index contributed by atoms with van der Waals surface area (Å²) in [5.74, 6) is 0. The van der Waals surface area contributed by atoms with Crippen LogP contribution in [0.15, 0.2) is 4.99 Å². The molecule has 0 rings (SSSR count). The maximum absolute atomic E-state index is 6.85. The van der Waals surface area contributed by atoms with Crippen LogP contribution in [0.5, 0.6) is 0 Å². The number of nitrogens with one attached hydrogen (secondary N) is 1. The minimum absolute atomic E-state index is 0.516. The van der Waals surface area contributed by atoms with E-state index in [-0.39, 0.29) is 0 Å². The number of rotatable bonds is 2. The molecule has 0 aliphatic heterocycles. The molecule has 2 nitrogen and oxygen atoms in total. The molecule has 1 N–H and O–H groups in total. The Hall–Kier alpha value is -0.660. The van der Waals surface area contributed by atoms with Gasteiger partial charge in [0.05, 0.1) is 0 Å². The predicted octanol–water partition coefficient (Wildman–Crippen LogP) is 1.12. The summed E-state index contributed by atoms with van der Waals surface area (Å²) in [7, 11) is 0. The molecule has 0 radical (unpaired) electrons. The fourth-order valence-corrected chi connectivity index (χ4v) is 0.228. The average molecular weight is 98.1 g/mol. The lowest BCUT2D eigenvalue weighted by atomic mass is 10.5. The number of nitrogens with zero attached hydrogens (tertiary/aromatic N) is 1. The Morgan fingerprint density at radius 3 is 2.57 bits per heavy atom. The number of hydrogen-bond donors (Lipinski definition) is 1. The van der Waals surface area contributed by atoms with Crippen molar-refractivity contribution in [3.63, 3.8) is 0 Å². The van der Waals surface area contributed by atoms with Gasteiger partial charge >= 0.3 is 0 Å². The maximum Gasteiger partial charge on any atom is 0.0461 e. The quantitative estimate of drug-likeness (QED) is 0.502. The summed E-state index contributed by atoms with van der Waals surface area (Å²) in [6.45, 7) is 4.43. The first-order chi connectivity index (χ1) is 3.27. The third-order valence-electron chi connectivity index (χ3n) is 0.468. The van der Waals surface area contributed by atoms with Crippen LogP contribution in [-0.2, 0) is 0 Å². The summed E-state index contributed by atoms with van der Waals surface area (Å²) in [4.78, 5) is 3.82. The van der Waals surface area contributed by atoms with E-state index in [2.05, 4.69) is 4.99 Å². The van der Waals surface area contributed by atoms with Gasteiger partial charge in [0.15, 0.2) is 0 Å². The van der Waals surface area contributed by atoms with Gasteiger partial charge in [0.1, 0.15) is 0 Å². The van der Waals surface area contributed by atoms with Gasteiger partial charge in [-0.3, -0.25) is 4.99 Å². The molecule has 0 fully saturated rings. The zero-order valence-corrected chi connectivity index (χ0v) is 4.73. The molecule has 0 aromatic carbocycles. The van der Waals surface area contributed by atoms with Gasteiger partial charge in [0, 0.05) is 18.5 Å². The maximum atomic E-state index is 6.85.